The van der Waals surface area contributed by atoms with Gasteiger partial charge in [0.05, 0.1) is 5.60 Å². The Morgan fingerprint density at radius 1 is 1.38 bits per heavy atom. The first-order chi connectivity index (χ1) is 7.57. The van der Waals surface area contributed by atoms with Gasteiger partial charge >= 0.3 is 0 Å². The largest absolute Gasteiger partial charge is 0.389 e. The molecular formula is C13H28N2O. The maximum absolute atomic E-state index is 10.1. The monoisotopic (exact) mass is 228 g/mol. The zero-order valence-electron chi connectivity index (χ0n) is 11.1. The Balaban J connectivity index is 2.35. The fourth-order valence-corrected chi connectivity index (χ4v) is 2.29. The van der Waals surface area contributed by atoms with Crippen LogP contribution in [0.2, 0.25) is 0 Å². The highest BCUT2D eigenvalue weighted by atomic mass is 16.3. The SMILES string of the molecule is CCN(CC1CCCCN1)CC(C)(O)CC. The first kappa shape index (κ1) is 13.9. The van der Waals surface area contributed by atoms with Crippen molar-refractivity contribution in [3.8, 4) is 0 Å². The highest BCUT2D eigenvalue weighted by Crippen LogP contribution is 2.13. The second-order valence-corrected chi connectivity index (χ2v) is 5.33. The minimum absolute atomic E-state index is 0.537. The van der Waals surface area contributed by atoms with Crippen LogP contribution in [0.25, 0.3) is 0 Å². The van der Waals surface area contributed by atoms with Crippen LogP contribution in [-0.2, 0) is 0 Å². The van der Waals surface area contributed by atoms with Crippen LogP contribution in [0.5, 0.6) is 0 Å². The molecule has 16 heavy (non-hydrogen) atoms. The van der Waals surface area contributed by atoms with Crippen LogP contribution in [0, 0.1) is 0 Å². The van der Waals surface area contributed by atoms with E-state index in [0.29, 0.717) is 6.04 Å². The molecule has 0 aromatic carbocycles. The maximum Gasteiger partial charge on any atom is 0.0743 e. The van der Waals surface area contributed by atoms with Gasteiger partial charge in [0.1, 0.15) is 0 Å². The van der Waals surface area contributed by atoms with Crippen molar-refractivity contribution in [1.82, 2.24) is 10.2 Å². The van der Waals surface area contributed by atoms with Crippen molar-refractivity contribution in [1.29, 1.82) is 0 Å². The number of nitrogens with one attached hydrogen (secondary N) is 1. The summed E-state index contributed by atoms with van der Waals surface area (Å²) in [5.74, 6) is 0. The molecule has 1 aliphatic heterocycles. The lowest BCUT2D eigenvalue weighted by molar-refractivity contribution is 0.0145. The predicted molar refractivity (Wildman–Crippen MR) is 68.7 cm³/mol. The number of nitrogens with zero attached hydrogens (tertiary/aromatic N) is 1. The van der Waals surface area contributed by atoms with Gasteiger partial charge in [-0.3, -0.25) is 4.90 Å². The molecule has 2 unspecified atom stereocenters. The van der Waals surface area contributed by atoms with Crippen LogP contribution < -0.4 is 5.32 Å². The molecule has 0 radical (unpaired) electrons. The van der Waals surface area contributed by atoms with E-state index in [1.807, 2.05) is 13.8 Å². The Labute approximate surface area is 100 Å². The third-order valence-corrected chi connectivity index (χ3v) is 3.66. The molecule has 0 aliphatic carbocycles. The summed E-state index contributed by atoms with van der Waals surface area (Å²) in [5, 5.41) is 13.7. The standard InChI is InChI=1S/C13H28N2O/c1-4-13(3,16)11-15(5-2)10-12-8-6-7-9-14-12/h12,14,16H,4-11H2,1-3H3. The Hall–Kier alpha value is -0.120. The first-order valence-electron chi connectivity index (χ1n) is 6.75. The molecule has 1 fully saturated rings. The summed E-state index contributed by atoms with van der Waals surface area (Å²) in [6.45, 7) is 10.2. The fraction of sp³-hybridized carbons (Fsp3) is 1.00. The van der Waals surface area contributed by atoms with Crippen molar-refractivity contribution in [2.75, 3.05) is 26.2 Å². The van der Waals surface area contributed by atoms with Crippen LogP contribution >= 0.6 is 0 Å². The van der Waals surface area contributed by atoms with E-state index < -0.39 is 5.60 Å². The molecule has 0 aromatic rings. The molecule has 96 valence electrons. The Kier molecular flexibility index (Phi) is 5.73. The zero-order valence-corrected chi connectivity index (χ0v) is 11.1. The van der Waals surface area contributed by atoms with Crippen molar-refractivity contribution in [2.45, 2.75) is 58.1 Å². The van der Waals surface area contributed by atoms with Crippen molar-refractivity contribution in [2.24, 2.45) is 0 Å². The molecule has 0 saturated carbocycles. The normalized spacial score (nSPS) is 25.7. The molecule has 1 heterocycles. The number of hydrogen-bond donors (Lipinski definition) is 2. The second kappa shape index (κ2) is 6.58. The van der Waals surface area contributed by atoms with Crippen LogP contribution in [0.1, 0.15) is 46.5 Å². The van der Waals surface area contributed by atoms with E-state index >= 15 is 0 Å². The third-order valence-electron chi connectivity index (χ3n) is 3.66. The number of likely N-dealkylation sites (N-methyl/N-ethyl adjacent to an activating group) is 1. The molecule has 0 amide bonds. The summed E-state index contributed by atoms with van der Waals surface area (Å²) in [4.78, 5) is 2.37. The topological polar surface area (TPSA) is 35.5 Å². The molecule has 1 saturated heterocycles. The molecule has 0 aromatic heterocycles. The molecule has 3 heteroatoms. The molecular weight excluding hydrogens is 200 g/mol. The summed E-state index contributed by atoms with van der Waals surface area (Å²) < 4.78 is 0. The summed E-state index contributed by atoms with van der Waals surface area (Å²) in [6, 6.07) is 0.626. The lowest BCUT2D eigenvalue weighted by atomic mass is 10.0. The first-order valence-corrected chi connectivity index (χ1v) is 6.75. The number of rotatable bonds is 6. The smallest absolute Gasteiger partial charge is 0.0743 e. The van der Waals surface area contributed by atoms with E-state index in [4.69, 9.17) is 0 Å². The van der Waals surface area contributed by atoms with E-state index in [1.165, 1.54) is 19.3 Å². The molecule has 1 rings (SSSR count). The van der Waals surface area contributed by atoms with E-state index in [2.05, 4.69) is 17.1 Å². The quantitative estimate of drug-likeness (QED) is 0.725. The van der Waals surface area contributed by atoms with Gasteiger partial charge in [-0.05, 0) is 39.3 Å². The predicted octanol–water partition coefficient (Wildman–Crippen LogP) is 1.61. The molecule has 0 bridgehead atoms. The van der Waals surface area contributed by atoms with Crippen LogP contribution in [0.15, 0.2) is 0 Å². The molecule has 2 atom stereocenters. The van der Waals surface area contributed by atoms with Gasteiger partial charge in [0.25, 0.3) is 0 Å². The number of piperidine rings is 1. The third kappa shape index (κ3) is 4.81. The van der Waals surface area contributed by atoms with Crippen molar-refractivity contribution >= 4 is 0 Å². The highest BCUT2D eigenvalue weighted by Gasteiger charge is 2.23. The van der Waals surface area contributed by atoms with Crippen molar-refractivity contribution < 1.29 is 5.11 Å². The van der Waals surface area contributed by atoms with Gasteiger partial charge in [-0.1, -0.05) is 20.3 Å². The Morgan fingerprint density at radius 2 is 2.12 bits per heavy atom. The summed E-state index contributed by atoms with van der Waals surface area (Å²) in [5.41, 5.74) is -0.537. The lowest BCUT2D eigenvalue weighted by Gasteiger charge is -2.34. The van der Waals surface area contributed by atoms with Crippen LogP contribution in [-0.4, -0.2) is 47.8 Å². The van der Waals surface area contributed by atoms with Gasteiger partial charge < -0.3 is 10.4 Å². The average molecular weight is 228 g/mol. The minimum atomic E-state index is -0.537. The Morgan fingerprint density at radius 3 is 2.62 bits per heavy atom. The summed E-state index contributed by atoms with van der Waals surface area (Å²) in [6.07, 6.45) is 4.76. The van der Waals surface area contributed by atoms with Gasteiger partial charge in [-0.15, -0.1) is 0 Å². The van der Waals surface area contributed by atoms with Gasteiger partial charge in [0, 0.05) is 19.1 Å². The van der Waals surface area contributed by atoms with Gasteiger partial charge in [0.15, 0.2) is 0 Å². The number of hydrogen-bond acceptors (Lipinski definition) is 3. The zero-order chi connectivity index (χ0) is 12.0. The second-order valence-electron chi connectivity index (χ2n) is 5.33. The fourth-order valence-electron chi connectivity index (χ4n) is 2.29. The van der Waals surface area contributed by atoms with E-state index in [1.54, 1.807) is 0 Å². The average Bonchev–Trinajstić information content (AvgIpc) is 2.29. The summed E-state index contributed by atoms with van der Waals surface area (Å²) in [7, 11) is 0. The van der Waals surface area contributed by atoms with Gasteiger partial charge in [-0.25, -0.2) is 0 Å². The van der Waals surface area contributed by atoms with E-state index in [-0.39, 0.29) is 0 Å². The highest BCUT2D eigenvalue weighted by molar-refractivity contribution is 4.80. The van der Waals surface area contributed by atoms with Crippen molar-refractivity contribution in [3.63, 3.8) is 0 Å². The maximum atomic E-state index is 10.1. The molecule has 3 nitrogen and oxygen atoms in total. The van der Waals surface area contributed by atoms with E-state index in [9.17, 15) is 5.11 Å². The minimum Gasteiger partial charge on any atom is -0.389 e. The van der Waals surface area contributed by atoms with Gasteiger partial charge in [0.2, 0.25) is 0 Å². The molecule has 0 spiro atoms. The van der Waals surface area contributed by atoms with Crippen LogP contribution in [0.3, 0.4) is 0 Å². The summed E-state index contributed by atoms with van der Waals surface area (Å²) >= 11 is 0. The van der Waals surface area contributed by atoms with E-state index in [0.717, 1.165) is 32.6 Å². The van der Waals surface area contributed by atoms with Crippen LogP contribution in [0.4, 0.5) is 0 Å². The molecule has 1 aliphatic rings. The lowest BCUT2D eigenvalue weighted by Crippen LogP contribution is -2.48. The Bertz CT molecular complexity index is 188. The van der Waals surface area contributed by atoms with Crippen molar-refractivity contribution in [3.05, 3.63) is 0 Å². The molecule has 2 N–H and O–H groups in total. The van der Waals surface area contributed by atoms with Gasteiger partial charge in [-0.2, -0.15) is 0 Å². The number of aliphatic hydroxyl groups is 1.